The zero-order chi connectivity index (χ0) is 6.48. The lowest BCUT2D eigenvalue weighted by atomic mass is 10.3. The van der Waals surface area contributed by atoms with E-state index in [0.29, 0.717) is 5.92 Å². The van der Waals surface area contributed by atoms with Gasteiger partial charge in [-0.05, 0) is 12.3 Å². The minimum absolute atomic E-state index is 0.0374. The van der Waals surface area contributed by atoms with E-state index in [1.807, 2.05) is 0 Å². The number of rotatable bonds is 0. The summed E-state index contributed by atoms with van der Waals surface area (Å²) in [4.78, 5) is 1.74. The van der Waals surface area contributed by atoms with E-state index < -0.39 is 0 Å². The molecule has 0 aromatic rings. The van der Waals surface area contributed by atoms with Gasteiger partial charge in [0.15, 0.2) is 6.19 Å². The monoisotopic (exact) mass is 123 g/mol. The average molecular weight is 123 g/mol. The molecule has 0 amide bonds. The van der Waals surface area contributed by atoms with Gasteiger partial charge in [-0.1, -0.05) is 0 Å². The van der Waals surface area contributed by atoms with Gasteiger partial charge in [0.2, 0.25) is 0 Å². The van der Waals surface area contributed by atoms with Crippen molar-refractivity contribution in [3.05, 3.63) is 0 Å². The van der Waals surface area contributed by atoms with Crippen LogP contribution < -0.4 is 5.73 Å². The quantitative estimate of drug-likeness (QED) is 0.442. The maximum absolute atomic E-state index is 8.44. The van der Waals surface area contributed by atoms with Crippen molar-refractivity contribution in [2.24, 2.45) is 11.7 Å². The Labute approximate surface area is 54.0 Å². The fourth-order valence-corrected chi connectivity index (χ4v) is 1.60. The Morgan fingerprint density at radius 3 is 2.89 bits per heavy atom. The highest BCUT2D eigenvalue weighted by Gasteiger charge is 2.57. The van der Waals surface area contributed by atoms with E-state index in [-0.39, 0.29) is 5.54 Å². The summed E-state index contributed by atoms with van der Waals surface area (Å²) in [5, 5.41) is 8.44. The summed E-state index contributed by atoms with van der Waals surface area (Å²) >= 11 is 0. The van der Waals surface area contributed by atoms with Gasteiger partial charge >= 0.3 is 0 Å². The summed E-state index contributed by atoms with van der Waals surface area (Å²) in [7, 11) is 0. The van der Waals surface area contributed by atoms with E-state index in [0.717, 1.165) is 19.5 Å². The Morgan fingerprint density at radius 2 is 2.56 bits per heavy atom. The molecule has 48 valence electrons. The molecule has 0 radical (unpaired) electrons. The highest BCUT2D eigenvalue weighted by atomic mass is 15.2. The molecule has 2 fully saturated rings. The number of fused-ring (bicyclic) bond motifs is 1. The summed E-state index contributed by atoms with van der Waals surface area (Å²) < 4.78 is 0. The molecule has 0 spiro atoms. The zero-order valence-corrected chi connectivity index (χ0v) is 5.17. The van der Waals surface area contributed by atoms with Crippen LogP contribution in [0.4, 0.5) is 0 Å². The van der Waals surface area contributed by atoms with Crippen LogP contribution in [0.1, 0.15) is 6.42 Å². The third kappa shape index (κ3) is 0.539. The molecule has 2 rings (SSSR count). The molecule has 0 aromatic carbocycles. The van der Waals surface area contributed by atoms with Crippen LogP contribution in [0.15, 0.2) is 0 Å². The molecular formula is C6H9N3. The third-order valence-electron chi connectivity index (χ3n) is 2.35. The van der Waals surface area contributed by atoms with Crippen LogP contribution in [-0.2, 0) is 0 Å². The molecule has 0 bridgehead atoms. The van der Waals surface area contributed by atoms with E-state index in [4.69, 9.17) is 11.0 Å². The van der Waals surface area contributed by atoms with Crippen molar-refractivity contribution in [1.82, 2.24) is 4.90 Å². The number of nitrogens with two attached hydrogens (primary N) is 1. The normalized spacial score (nSPS) is 46.2. The zero-order valence-electron chi connectivity index (χ0n) is 5.17. The van der Waals surface area contributed by atoms with Gasteiger partial charge in [0.05, 0.1) is 0 Å². The Bertz CT molecular complexity index is 183. The SMILES string of the molecule is N#CN1CC2C[C@]2(N)C1. The number of nitriles is 1. The molecule has 9 heavy (non-hydrogen) atoms. The highest BCUT2D eigenvalue weighted by Crippen LogP contribution is 2.46. The van der Waals surface area contributed by atoms with Gasteiger partial charge in [0.25, 0.3) is 0 Å². The van der Waals surface area contributed by atoms with Crippen molar-refractivity contribution in [3.8, 4) is 6.19 Å². The van der Waals surface area contributed by atoms with E-state index >= 15 is 0 Å². The van der Waals surface area contributed by atoms with E-state index in [2.05, 4.69) is 6.19 Å². The van der Waals surface area contributed by atoms with Gasteiger partial charge in [0, 0.05) is 18.6 Å². The van der Waals surface area contributed by atoms with Crippen LogP contribution in [0, 0.1) is 17.4 Å². The molecule has 1 saturated carbocycles. The predicted molar refractivity (Wildman–Crippen MR) is 32.2 cm³/mol. The molecule has 1 saturated heterocycles. The second kappa shape index (κ2) is 1.22. The van der Waals surface area contributed by atoms with Gasteiger partial charge in [-0.2, -0.15) is 5.26 Å². The minimum atomic E-state index is 0.0374. The lowest BCUT2D eigenvalue weighted by Crippen LogP contribution is -2.30. The van der Waals surface area contributed by atoms with Gasteiger partial charge in [-0.3, -0.25) is 0 Å². The van der Waals surface area contributed by atoms with Crippen LogP contribution in [0.3, 0.4) is 0 Å². The van der Waals surface area contributed by atoms with Crippen molar-refractivity contribution < 1.29 is 0 Å². The van der Waals surface area contributed by atoms with Gasteiger partial charge < -0.3 is 10.6 Å². The first-order valence-corrected chi connectivity index (χ1v) is 3.18. The minimum Gasteiger partial charge on any atom is -0.323 e. The lowest BCUT2D eigenvalue weighted by Gasteiger charge is -2.09. The number of piperidine rings is 1. The largest absolute Gasteiger partial charge is 0.323 e. The third-order valence-corrected chi connectivity index (χ3v) is 2.35. The Morgan fingerprint density at radius 1 is 1.78 bits per heavy atom. The molecule has 1 heterocycles. The van der Waals surface area contributed by atoms with Crippen LogP contribution in [0.5, 0.6) is 0 Å². The summed E-state index contributed by atoms with van der Waals surface area (Å²) in [6.45, 7) is 1.68. The second-order valence-electron chi connectivity index (χ2n) is 3.11. The highest BCUT2D eigenvalue weighted by molar-refractivity contribution is 5.17. The molecule has 0 aromatic heterocycles. The Hall–Kier alpha value is -0.750. The number of likely N-dealkylation sites (tertiary alicyclic amines) is 1. The smallest absolute Gasteiger partial charge is 0.179 e. The van der Waals surface area contributed by atoms with Gasteiger partial charge in [-0.25, -0.2) is 0 Å². The maximum atomic E-state index is 8.44. The molecule has 1 unspecified atom stereocenters. The maximum Gasteiger partial charge on any atom is 0.179 e. The molecule has 1 aliphatic heterocycles. The number of hydrogen-bond acceptors (Lipinski definition) is 3. The Balaban J connectivity index is 2.08. The lowest BCUT2D eigenvalue weighted by molar-refractivity contribution is 0.421. The molecular weight excluding hydrogens is 114 g/mol. The molecule has 2 N–H and O–H groups in total. The van der Waals surface area contributed by atoms with Crippen LogP contribution >= 0.6 is 0 Å². The van der Waals surface area contributed by atoms with Crippen molar-refractivity contribution in [1.29, 1.82) is 5.26 Å². The fraction of sp³-hybridized carbons (Fsp3) is 0.833. The average Bonchev–Trinajstić information content (AvgIpc) is 2.33. The van der Waals surface area contributed by atoms with Gasteiger partial charge in [0.1, 0.15) is 0 Å². The topological polar surface area (TPSA) is 53.0 Å². The van der Waals surface area contributed by atoms with Crippen molar-refractivity contribution >= 4 is 0 Å². The summed E-state index contributed by atoms with van der Waals surface area (Å²) in [5.74, 6) is 0.622. The van der Waals surface area contributed by atoms with E-state index in [1.54, 1.807) is 4.90 Å². The van der Waals surface area contributed by atoms with Crippen molar-refractivity contribution in [2.45, 2.75) is 12.0 Å². The molecule has 3 nitrogen and oxygen atoms in total. The van der Waals surface area contributed by atoms with E-state index in [1.165, 1.54) is 0 Å². The summed E-state index contributed by atoms with van der Waals surface area (Å²) in [6.07, 6.45) is 3.23. The first kappa shape index (κ1) is 5.07. The van der Waals surface area contributed by atoms with Gasteiger partial charge in [-0.15, -0.1) is 0 Å². The first-order chi connectivity index (χ1) is 4.24. The predicted octanol–water partition coefficient (Wildman–Crippen LogP) is -0.500. The molecule has 2 atom stereocenters. The van der Waals surface area contributed by atoms with E-state index in [9.17, 15) is 0 Å². The van der Waals surface area contributed by atoms with Crippen molar-refractivity contribution in [3.63, 3.8) is 0 Å². The Kier molecular flexibility index (Phi) is 0.686. The summed E-state index contributed by atoms with van der Waals surface area (Å²) in [6, 6.07) is 0. The summed E-state index contributed by atoms with van der Waals surface area (Å²) in [5.41, 5.74) is 5.86. The molecule has 3 heteroatoms. The fourth-order valence-electron chi connectivity index (χ4n) is 1.60. The van der Waals surface area contributed by atoms with Crippen LogP contribution in [0.25, 0.3) is 0 Å². The second-order valence-corrected chi connectivity index (χ2v) is 3.11. The standard InChI is InChI=1S/C6H9N3/c7-4-9-2-5-1-6(5,8)3-9/h5H,1-3,8H2/t5?,6-/m0/s1. The number of nitrogens with zero attached hydrogens (tertiary/aromatic N) is 2. The molecule has 2 aliphatic rings. The first-order valence-electron chi connectivity index (χ1n) is 3.18. The van der Waals surface area contributed by atoms with Crippen LogP contribution in [-0.4, -0.2) is 23.5 Å². The molecule has 1 aliphatic carbocycles. The number of hydrogen-bond donors (Lipinski definition) is 1. The van der Waals surface area contributed by atoms with Crippen molar-refractivity contribution in [2.75, 3.05) is 13.1 Å². The van der Waals surface area contributed by atoms with Crippen LogP contribution in [0.2, 0.25) is 0 Å².